The fraction of sp³-hybridized carbons (Fsp3) is 0.829. The van der Waals surface area contributed by atoms with E-state index in [0.717, 1.165) is 80.1 Å². The number of hydrogen-bond acceptors (Lipinski definition) is 2. The van der Waals surface area contributed by atoms with Crippen molar-refractivity contribution in [1.29, 1.82) is 0 Å². The molecule has 2 saturated carbocycles. The van der Waals surface area contributed by atoms with E-state index in [2.05, 4.69) is 34.7 Å². The Hall–Kier alpha value is -0.960. The van der Waals surface area contributed by atoms with Gasteiger partial charge in [-0.2, -0.15) is 22.0 Å². The molecule has 1 heterocycles. The molecule has 4 aliphatic rings. The van der Waals surface area contributed by atoms with Crippen molar-refractivity contribution in [3.05, 3.63) is 27.7 Å². The lowest BCUT2D eigenvalue weighted by atomic mass is 9.50. The Labute approximate surface area is 267 Å². The lowest BCUT2D eigenvalue weighted by Gasteiger charge is -2.55. The minimum atomic E-state index is -5.46. The maximum atomic E-state index is 16.2. The van der Waals surface area contributed by atoms with Crippen molar-refractivity contribution in [3.8, 4) is 5.75 Å². The van der Waals surface area contributed by atoms with Gasteiger partial charge in [0, 0.05) is 18.4 Å². The van der Waals surface area contributed by atoms with E-state index in [1.54, 1.807) is 6.07 Å². The number of nitrogens with zero attached hydrogens (tertiary/aromatic N) is 1. The van der Waals surface area contributed by atoms with E-state index in [1.807, 2.05) is 6.07 Å². The molecule has 2 nitrogen and oxygen atoms in total. The number of hydrogen-bond donors (Lipinski definition) is 1. The van der Waals surface area contributed by atoms with Gasteiger partial charge in [-0.05, 0) is 140 Å². The number of alkyl halides is 6. The largest absolute Gasteiger partial charge is 0.507 e. The van der Waals surface area contributed by atoms with Crippen molar-refractivity contribution in [2.45, 2.75) is 140 Å². The van der Waals surface area contributed by atoms with Crippen LogP contribution in [0, 0.1) is 29.1 Å². The normalized spacial score (nSPS) is 34.2. The maximum Gasteiger partial charge on any atom is 0.453 e. The molecule has 1 aromatic carbocycles. The standard InChI is InChI=1S/C35H50BrF6NO/c1-22-13-15-27-30-23(20-26-25(14-16-29(44)32(26)36)31(30)28(37)21-33(22,27)2)10-5-4-8-18-43-19-9-12-24(43)11-6-3-7-17-34(38,39)35(40,41)42/h14,16,22-24,27-28,30-31,44H,3-13,15,17-21H2,1-2H3/t22?,23-,24?,27?,28?,30?,31?,33?/m1/s1. The second kappa shape index (κ2) is 13.6. The van der Waals surface area contributed by atoms with Crippen LogP contribution in [0.15, 0.2) is 16.6 Å². The highest BCUT2D eigenvalue weighted by Gasteiger charge is 2.59. The summed E-state index contributed by atoms with van der Waals surface area (Å²) in [6.07, 6.45) is 4.70. The predicted molar refractivity (Wildman–Crippen MR) is 166 cm³/mol. The van der Waals surface area contributed by atoms with Crippen LogP contribution in [0.1, 0.15) is 121 Å². The van der Waals surface area contributed by atoms with Crippen molar-refractivity contribution in [1.82, 2.24) is 4.90 Å². The first kappa shape index (κ1) is 34.4. The molecule has 0 radical (unpaired) electrons. The second-order valence-electron chi connectivity index (χ2n) is 14.8. The number of rotatable bonds is 12. The lowest BCUT2D eigenvalue weighted by Crippen LogP contribution is -2.50. The Morgan fingerprint density at radius 1 is 0.977 bits per heavy atom. The highest BCUT2D eigenvalue weighted by molar-refractivity contribution is 9.10. The van der Waals surface area contributed by atoms with Crippen LogP contribution < -0.4 is 0 Å². The maximum absolute atomic E-state index is 16.2. The zero-order valence-corrected chi connectivity index (χ0v) is 27.8. The van der Waals surface area contributed by atoms with Gasteiger partial charge in [-0.25, -0.2) is 4.39 Å². The SMILES string of the molecule is CC1CCC2C3C(c4ccc(O)c(Br)c4C[C@H]3CCCCCN3CCCC3CCCCCC(F)(F)C(F)(F)F)C(F)CC12C. The number of phenols is 1. The molecule has 0 aromatic heterocycles. The molecule has 0 spiro atoms. The smallest absolute Gasteiger partial charge is 0.453 e. The van der Waals surface area contributed by atoms with Gasteiger partial charge in [0.15, 0.2) is 0 Å². The molecule has 1 aliphatic heterocycles. The van der Waals surface area contributed by atoms with Gasteiger partial charge in [-0.3, -0.25) is 0 Å². The summed E-state index contributed by atoms with van der Waals surface area (Å²) in [6, 6.07) is 4.08. The lowest BCUT2D eigenvalue weighted by molar-refractivity contribution is -0.284. The summed E-state index contributed by atoms with van der Waals surface area (Å²) in [6.45, 7) is 6.65. The molecular formula is C35H50BrF6NO. The van der Waals surface area contributed by atoms with Crippen LogP contribution in [0.4, 0.5) is 26.3 Å². The molecular weight excluding hydrogens is 644 g/mol. The van der Waals surface area contributed by atoms with Gasteiger partial charge in [0.1, 0.15) is 11.9 Å². The van der Waals surface area contributed by atoms with Crippen LogP contribution in [0.2, 0.25) is 0 Å². The molecule has 5 rings (SSSR count). The Bertz CT molecular complexity index is 1130. The topological polar surface area (TPSA) is 23.5 Å². The summed E-state index contributed by atoms with van der Waals surface area (Å²) in [5.74, 6) is -2.67. The molecule has 44 heavy (non-hydrogen) atoms. The van der Waals surface area contributed by atoms with Crippen molar-refractivity contribution >= 4 is 15.9 Å². The number of unbranched alkanes of at least 4 members (excludes halogenated alkanes) is 4. The Balaban J connectivity index is 1.12. The number of aromatic hydroxyl groups is 1. The number of phenolic OH excluding ortho intramolecular Hbond substituents is 1. The van der Waals surface area contributed by atoms with Gasteiger partial charge >= 0.3 is 12.1 Å². The van der Waals surface area contributed by atoms with Crippen LogP contribution in [0.5, 0.6) is 5.75 Å². The number of likely N-dealkylation sites (tertiary alicyclic amines) is 1. The Morgan fingerprint density at radius 3 is 2.45 bits per heavy atom. The van der Waals surface area contributed by atoms with Gasteiger partial charge < -0.3 is 10.0 Å². The van der Waals surface area contributed by atoms with Crippen molar-refractivity contribution in [3.63, 3.8) is 0 Å². The molecule has 1 saturated heterocycles. The molecule has 9 heteroatoms. The molecule has 1 aromatic rings. The summed E-state index contributed by atoms with van der Waals surface area (Å²) in [5, 5.41) is 10.4. The summed E-state index contributed by atoms with van der Waals surface area (Å²) in [5.41, 5.74) is 2.24. The molecule has 250 valence electrons. The molecule has 1 N–H and O–H groups in total. The zero-order valence-electron chi connectivity index (χ0n) is 26.3. The van der Waals surface area contributed by atoms with Crippen LogP contribution in [0.25, 0.3) is 0 Å². The van der Waals surface area contributed by atoms with E-state index in [4.69, 9.17) is 0 Å². The van der Waals surface area contributed by atoms with Crippen LogP contribution in [-0.4, -0.2) is 47.4 Å². The van der Waals surface area contributed by atoms with Crippen molar-refractivity contribution < 1.29 is 31.4 Å². The number of fused-ring (bicyclic) bond motifs is 5. The van der Waals surface area contributed by atoms with Crippen LogP contribution >= 0.6 is 15.9 Å². The van der Waals surface area contributed by atoms with E-state index in [1.165, 1.54) is 12.8 Å². The van der Waals surface area contributed by atoms with E-state index in [9.17, 15) is 27.1 Å². The molecule has 7 unspecified atom stereocenters. The van der Waals surface area contributed by atoms with Gasteiger partial charge in [0.05, 0.1) is 4.47 Å². The highest BCUT2D eigenvalue weighted by atomic mass is 79.9. The fourth-order valence-corrected chi connectivity index (χ4v) is 10.3. The molecule has 0 bridgehead atoms. The van der Waals surface area contributed by atoms with Gasteiger partial charge in [-0.15, -0.1) is 0 Å². The second-order valence-corrected chi connectivity index (χ2v) is 15.6. The first-order chi connectivity index (χ1) is 20.7. The third-order valence-electron chi connectivity index (χ3n) is 12.4. The first-order valence-corrected chi connectivity index (χ1v) is 17.9. The van der Waals surface area contributed by atoms with Crippen LogP contribution in [-0.2, 0) is 6.42 Å². The quantitative estimate of drug-likeness (QED) is 0.174. The highest BCUT2D eigenvalue weighted by Crippen LogP contribution is 2.65. The summed E-state index contributed by atoms with van der Waals surface area (Å²) in [4.78, 5) is 2.48. The minimum absolute atomic E-state index is 0.0501. The van der Waals surface area contributed by atoms with Gasteiger partial charge in [0.25, 0.3) is 0 Å². The van der Waals surface area contributed by atoms with Gasteiger partial charge in [-0.1, -0.05) is 45.6 Å². The van der Waals surface area contributed by atoms with E-state index < -0.39 is 24.7 Å². The predicted octanol–water partition coefficient (Wildman–Crippen LogP) is 11.0. The Kier molecular flexibility index (Phi) is 10.7. The average molecular weight is 695 g/mol. The number of halogens is 7. The molecule has 0 amide bonds. The molecule has 3 fully saturated rings. The third-order valence-corrected chi connectivity index (χ3v) is 13.3. The fourth-order valence-electron chi connectivity index (χ4n) is 9.80. The van der Waals surface area contributed by atoms with Crippen molar-refractivity contribution in [2.24, 2.45) is 29.1 Å². The Morgan fingerprint density at radius 2 is 1.70 bits per heavy atom. The van der Waals surface area contributed by atoms with E-state index in [-0.39, 0.29) is 23.5 Å². The summed E-state index contributed by atoms with van der Waals surface area (Å²) in [7, 11) is 0. The van der Waals surface area contributed by atoms with E-state index >= 15 is 4.39 Å². The average Bonchev–Trinajstić information content (AvgIpc) is 3.52. The van der Waals surface area contributed by atoms with Gasteiger partial charge in [0.2, 0.25) is 0 Å². The first-order valence-electron chi connectivity index (χ1n) is 17.1. The molecule has 3 aliphatic carbocycles. The third kappa shape index (κ3) is 6.85. The number of benzene rings is 1. The zero-order chi connectivity index (χ0) is 31.9. The monoisotopic (exact) mass is 693 g/mol. The van der Waals surface area contributed by atoms with Crippen LogP contribution in [0.3, 0.4) is 0 Å². The minimum Gasteiger partial charge on any atom is -0.507 e. The molecule has 8 atom stereocenters. The summed E-state index contributed by atoms with van der Waals surface area (Å²) < 4.78 is 80.4. The van der Waals surface area contributed by atoms with Crippen molar-refractivity contribution in [2.75, 3.05) is 13.1 Å². The summed E-state index contributed by atoms with van der Waals surface area (Å²) >= 11 is 3.63. The van der Waals surface area contributed by atoms with E-state index in [0.29, 0.717) is 49.0 Å².